The molecule has 2 aliphatic carbocycles. The molecule has 2 bridgehead atoms. The Morgan fingerprint density at radius 1 is 1.21 bits per heavy atom. The molecule has 1 saturated heterocycles. The molecule has 2 aromatic rings. The first kappa shape index (κ1) is 30.3. The average Bonchev–Trinajstić information content (AvgIpc) is 3.30. The van der Waals surface area contributed by atoms with Crippen molar-refractivity contribution < 1.29 is 23.8 Å². The number of piperidine rings is 1. The number of rotatable bonds is 9. The first-order valence-electron chi connectivity index (χ1n) is 15.3. The maximum absolute atomic E-state index is 14.2. The molecule has 1 saturated carbocycles. The van der Waals surface area contributed by atoms with Crippen LogP contribution in [0.4, 0.5) is 0 Å². The van der Waals surface area contributed by atoms with Crippen LogP contribution >= 0.6 is 23.2 Å². The standard InChI is InChI=1S/C34H40Cl2N2O5/c1-6-12-37-13-11-34-23-8-10-26(38(18-19(2)3)30(40)15-21-7-9-24(35)25(36)14-21)33(34)43-32-29(41-5)17-28(42-20(4)39)22(31(32)34)16-27(23)37/h6-7,9,14,17,19,23,26-27,33H,1,8,10-13,15-16,18H2,2-5H3/t23-,26-,27+,33-,34-/m0/s1. The molecule has 2 aliphatic heterocycles. The molecule has 7 nitrogen and oxygen atoms in total. The van der Waals surface area contributed by atoms with Crippen LogP contribution in [0, 0.1) is 11.8 Å². The van der Waals surface area contributed by atoms with Gasteiger partial charge in [-0.3, -0.25) is 14.5 Å². The minimum atomic E-state index is -0.362. The number of esters is 1. The summed E-state index contributed by atoms with van der Waals surface area (Å²) in [6.07, 6.45) is 5.42. The van der Waals surface area contributed by atoms with Gasteiger partial charge in [0.05, 0.1) is 29.6 Å². The van der Waals surface area contributed by atoms with Crippen molar-refractivity contribution in [2.75, 3.05) is 26.7 Å². The number of halogens is 2. The zero-order valence-corrected chi connectivity index (χ0v) is 26.8. The molecule has 0 radical (unpaired) electrons. The number of methoxy groups -OCH3 is 1. The van der Waals surface area contributed by atoms with Gasteiger partial charge in [-0.2, -0.15) is 0 Å². The molecule has 4 aliphatic rings. The van der Waals surface area contributed by atoms with Gasteiger partial charge in [-0.15, -0.1) is 6.58 Å². The van der Waals surface area contributed by atoms with Crippen LogP contribution in [0.25, 0.3) is 0 Å². The smallest absolute Gasteiger partial charge is 0.308 e. The first-order chi connectivity index (χ1) is 20.6. The van der Waals surface area contributed by atoms with Crippen LogP contribution in [0.1, 0.15) is 56.7 Å². The van der Waals surface area contributed by atoms with Crippen LogP contribution in [0.2, 0.25) is 10.0 Å². The molecule has 2 heterocycles. The number of likely N-dealkylation sites (tertiary alicyclic amines) is 1. The highest BCUT2D eigenvalue weighted by molar-refractivity contribution is 6.42. The second-order valence-corrected chi connectivity index (χ2v) is 13.7. The van der Waals surface area contributed by atoms with Gasteiger partial charge < -0.3 is 19.1 Å². The zero-order valence-electron chi connectivity index (χ0n) is 25.3. The molecule has 1 amide bonds. The van der Waals surface area contributed by atoms with Gasteiger partial charge in [-0.25, -0.2) is 0 Å². The Kier molecular flexibility index (Phi) is 8.20. The largest absolute Gasteiger partial charge is 0.493 e. The van der Waals surface area contributed by atoms with Crippen molar-refractivity contribution in [1.82, 2.24) is 9.80 Å². The van der Waals surface area contributed by atoms with E-state index in [0.717, 1.165) is 61.2 Å². The normalized spacial score (nSPS) is 26.9. The van der Waals surface area contributed by atoms with Gasteiger partial charge in [0.25, 0.3) is 0 Å². The van der Waals surface area contributed by atoms with Crippen LogP contribution < -0.4 is 14.2 Å². The average molecular weight is 628 g/mol. The Hall–Kier alpha value is -2.74. The highest BCUT2D eigenvalue weighted by Crippen LogP contribution is 2.65. The number of carbonyl (C=O) groups excluding carboxylic acids is 2. The number of benzene rings is 2. The minimum Gasteiger partial charge on any atom is -0.493 e. The van der Waals surface area contributed by atoms with Gasteiger partial charge in [0, 0.05) is 48.7 Å². The van der Waals surface area contributed by atoms with Crippen molar-refractivity contribution in [1.29, 1.82) is 0 Å². The van der Waals surface area contributed by atoms with Crippen molar-refractivity contribution in [2.24, 2.45) is 11.8 Å². The fourth-order valence-corrected chi connectivity index (χ4v) is 8.81. The molecule has 9 heteroatoms. The third kappa shape index (κ3) is 5.01. The van der Waals surface area contributed by atoms with Crippen LogP contribution in [0.3, 0.4) is 0 Å². The Morgan fingerprint density at radius 2 is 2.00 bits per heavy atom. The fourth-order valence-electron chi connectivity index (χ4n) is 8.49. The van der Waals surface area contributed by atoms with Crippen LogP contribution in [0.15, 0.2) is 36.9 Å². The monoisotopic (exact) mass is 626 g/mol. The number of carbonyl (C=O) groups is 2. The van der Waals surface area contributed by atoms with Gasteiger partial charge in [0.15, 0.2) is 11.5 Å². The predicted octanol–water partition coefficient (Wildman–Crippen LogP) is 6.25. The Bertz CT molecular complexity index is 1460. The van der Waals surface area contributed by atoms with Gasteiger partial charge in [-0.1, -0.05) is 49.2 Å². The third-order valence-corrected chi connectivity index (χ3v) is 10.7. The predicted molar refractivity (Wildman–Crippen MR) is 168 cm³/mol. The summed E-state index contributed by atoms with van der Waals surface area (Å²) >= 11 is 12.5. The van der Waals surface area contributed by atoms with E-state index in [2.05, 4.69) is 30.2 Å². The summed E-state index contributed by atoms with van der Waals surface area (Å²) in [4.78, 5) is 31.0. The lowest BCUT2D eigenvalue weighted by atomic mass is 9.50. The fraction of sp³-hybridized carbons (Fsp3) is 0.529. The first-order valence-corrected chi connectivity index (χ1v) is 16.0. The summed E-state index contributed by atoms with van der Waals surface area (Å²) in [5.74, 6) is 2.15. The Morgan fingerprint density at radius 3 is 2.67 bits per heavy atom. The lowest BCUT2D eigenvalue weighted by molar-refractivity contribution is -0.143. The van der Waals surface area contributed by atoms with Crippen molar-refractivity contribution in [3.05, 3.63) is 63.7 Å². The lowest BCUT2D eigenvalue weighted by Gasteiger charge is -2.60. The molecule has 5 atom stereocenters. The molecule has 0 aromatic heterocycles. The Labute approximate surface area is 264 Å². The number of hydrogen-bond donors (Lipinski definition) is 0. The van der Waals surface area contributed by atoms with E-state index in [0.29, 0.717) is 34.0 Å². The summed E-state index contributed by atoms with van der Waals surface area (Å²) in [5.41, 5.74) is 2.66. The third-order valence-electron chi connectivity index (χ3n) is 9.93. The van der Waals surface area contributed by atoms with Gasteiger partial charge in [-0.05, 0) is 61.8 Å². The molecule has 43 heavy (non-hydrogen) atoms. The van der Waals surface area contributed by atoms with E-state index in [-0.39, 0.29) is 47.8 Å². The molecule has 1 spiro atoms. The van der Waals surface area contributed by atoms with Gasteiger partial charge >= 0.3 is 5.97 Å². The quantitative estimate of drug-likeness (QED) is 0.186. The highest BCUT2D eigenvalue weighted by Gasteiger charge is 2.67. The van der Waals surface area contributed by atoms with E-state index >= 15 is 0 Å². The molecule has 6 rings (SSSR count). The summed E-state index contributed by atoms with van der Waals surface area (Å²) in [6, 6.07) is 7.32. The number of nitrogens with zero attached hydrogens (tertiary/aromatic N) is 2. The molecule has 2 aromatic carbocycles. The number of amides is 1. The topological polar surface area (TPSA) is 68.3 Å². The van der Waals surface area contributed by atoms with E-state index in [9.17, 15) is 9.59 Å². The van der Waals surface area contributed by atoms with E-state index in [4.69, 9.17) is 37.4 Å². The summed E-state index contributed by atoms with van der Waals surface area (Å²) in [5, 5.41) is 0.915. The van der Waals surface area contributed by atoms with E-state index in [1.807, 2.05) is 12.1 Å². The van der Waals surface area contributed by atoms with Gasteiger partial charge in [0.2, 0.25) is 5.91 Å². The van der Waals surface area contributed by atoms with Crippen molar-refractivity contribution >= 4 is 35.1 Å². The van der Waals surface area contributed by atoms with E-state index in [1.165, 1.54) is 6.92 Å². The minimum absolute atomic E-state index is 0.0516. The molecular weight excluding hydrogens is 587 g/mol. The number of hydrogen-bond acceptors (Lipinski definition) is 6. The van der Waals surface area contributed by atoms with Crippen LogP contribution in [-0.2, 0) is 27.8 Å². The van der Waals surface area contributed by atoms with E-state index < -0.39 is 0 Å². The summed E-state index contributed by atoms with van der Waals surface area (Å²) < 4.78 is 18.7. The molecule has 230 valence electrons. The molecule has 0 unspecified atom stereocenters. The van der Waals surface area contributed by atoms with Crippen molar-refractivity contribution in [2.45, 2.75) is 76.5 Å². The lowest BCUT2D eigenvalue weighted by Crippen LogP contribution is -2.69. The molecular formula is C34H40Cl2N2O5. The highest BCUT2D eigenvalue weighted by atomic mass is 35.5. The molecule has 2 fully saturated rings. The van der Waals surface area contributed by atoms with E-state index in [1.54, 1.807) is 25.3 Å². The summed E-state index contributed by atoms with van der Waals surface area (Å²) in [7, 11) is 1.62. The maximum Gasteiger partial charge on any atom is 0.308 e. The molecule has 0 N–H and O–H groups in total. The number of ether oxygens (including phenoxy) is 3. The zero-order chi connectivity index (χ0) is 30.6. The van der Waals surface area contributed by atoms with Gasteiger partial charge in [0.1, 0.15) is 11.9 Å². The van der Waals surface area contributed by atoms with Crippen molar-refractivity contribution in [3.8, 4) is 17.2 Å². The van der Waals surface area contributed by atoms with Crippen LogP contribution in [-0.4, -0.2) is 66.6 Å². The second-order valence-electron chi connectivity index (χ2n) is 12.9. The Balaban J connectivity index is 1.45. The van der Waals surface area contributed by atoms with Crippen LogP contribution in [0.5, 0.6) is 17.2 Å². The SMILES string of the molecule is C=CCN1CC[C@]23c4c5c(OC(C)=O)cc(OC)c4O[C@H]2[C@@H](N(CC(C)C)C(=O)Cc2ccc(Cl)c(Cl)c2)CC[C@H]3[C@H]1C5. The van der Waals surface area contributed by atoms with Crippen molar-refractivity contribution in [3.63, 3.8) is 0 Å². The summed E-state index contributed by atoms with van der Waals surface area (Å²) in [6.45, 7) is 12.1. The second kappa shape index (κ2) is 11.6. The maximum atomic E-state index is 14.2.